The minimum absolute atomic E-state index is 0.293. The number of aliphatic imine (C=N–C) groups is 1. The largest absolute Gasteiger partial charge is 0.481 e. The van der Waals surface area contributed by atoms with Crippen molar-refractivity contribution in [1.29, 1.82) is 0 Å². The SMILES string of the molecule is C#CCOc1ccc(CCNC(=NC)NCc2ncc(C)s2)cc1. The van der Waals surface area contributed by atoms with Crippen LogP contribution in [-0.4, -0.2) is 31.1 Å². The molecule has 2 aromatic rings. The molecule has 0 aliphatic rings. The maximum Gasteiger partial charge on any atom is 0.191 e. The number of nitrogens with one attached hydrogen (secondary N) is 2. The number of nitrogens with zero attached hydrogens (tertiary/aromatic N) is 2. The number of benzene rings is 1. The van der Waals surface area contributed by atoms with Gasteiger partial charge in [-0.1, -0.05) is 18.1 Å². The summed E-state index contributed by atoms with van der Waals surface area (Å²) in [4.78, 5) is 9.76. The minimum atomic E-state index is 0.293. The predicted molar refractivity (Wildman–Crippen MR) is 99.5 cm³/mol. The van der Waals surface area contributed by atoms with Crippen LogP contribution in [0.2, 0.25) is 0 Å². The van der Waals surface area contributed by atoms with Gasteiger partial charge in [-0.15, -0.1) is 17.8 Å². The average Bonchev–Trinajstić information content (AvgIpc) is 3.02. The normalized spacial score (nSPS) is 11.0. The summed E-state index contributed by atoms with van der Waals surface area (Å²) in [6.45, 7) is 3.82. The quantitative estimate of drug-likeness (QED) is 0.461. The minimum Gasteiger partial charge on any atom is -0.481 e. The van der Waals surface area contributed by atoms with Gasteiger partial charge in [-0.2, -0.15) is 0 Å². The van der Waals surface area contributed by atoms with E-state index in [0.29, 0.717) is 13.2 Å². The fraction of sp³-hybridized carbons (Fsp3) is 0.333. The lowest BCUT2D eigenvalue weighted by Crippen LogP contribution is -2.37. The molecule has 6 heteroatoms. The van der Waals surface area contributed by atoms with Crippen molar-refractivity contribution in [1.82, 2.24) is 15.6 Å². The van der Waals surface area contributed by atoms with Crippen molar-refractivity contribution in [2.75, 3.05) is 20.2 Å². The van der Waals surface area contributed by atoms with Gasteiger partial charge >= 0.3 is 0 Å². The molecule has 0 amide bonds. The third-order valence-corrected chi connectivity index (χ3v) is 4.16. The Morgan fingerprint density at radius 1 is 1.33 bits per heavy atom. The van der Waals surface area contributed by atoms with Crippen LogP contribution in [0.4, 0.5) is 0 Å². The van der Waals surface area contributed by atoms with Gasteiger partial charge in [0.1, 0.15) is 17.4 Å². The number of hydrogen-bond donors (Lipinski definition) is 2. The summed E-state index contributed by atoms with van der Waals surface area (Å²) in [6.07, 6.45) is 7.95. The van der Waals surface area contributed by atoms with Gasteiger partial charge in [-0.25, -0.2) is 4.98 Å². The molecule has 0 radical (unpaired) electrons. The maximum atomic E-state index is 5.36. The van der Waals surface area contributed by atoms with Crippen molar-refractivity contribution in [3.63, 3.8) is 0 Å². The van der Waals surface area contributed by atoms with E-state index in [1.165, 1.54) is 10.4 Å². The van der Waals surface area contributed by atoms with Gasteiger partial charge in [0.2, 0.25) is 0 Å². The summed E-state index contributed by atoms with van der Waals surface area (Å²) in [5, 5.41) is 7.62. The Morgan fingerprint density at radius 2 is 2.12 bits per heavy atom. The van der Waals surface area contributed by atoms with Crippen LogP contribution in [0.1, 0.15) is 15.4 Å². The Kier molecular flexibility index (Phi) is 7.12. The van der Waals surface area contributed by atoms with E-state index in [0.717, 1.165) is 29.7 Å². The van der Waals surface area contributed by atoms with E-state index in [2.05, 4.69) is 33.5 Å². The molecule has 0 spiro atoms. The molecule has 0 fully saturated rings. The number of terminal acetylenes is 1. The lowest BCUT2D eigenvalue weighted by molar-refractivity contribution is 0.370. The molecule has 2 N–H and O–H groups in total. The summed E-state index contributed by atoms with van der Waals surface area (Å²) in [7, 11) is 1.76. The molecule has 1 aromatic carbocycles. The molecule has 0 saturated carbocycles. The number of thiazole rings is 1. The van der Waals surface area contributed by atoms with Crippen LogP contribution < -0.4 is 15.4 Å². The summed E-state index contributed by atoms with van der Waals surface area (Å²) in [5.74, 6) is 4.02. The fourth-order valence-corrected chi connectivity index (χ4v) is 2.79. The van der Waals surface area contributed by atoms with Crippen LogP contribution >= 0.6 is 11.3 Å². The zero-order chi connectivity index (χ0) is 17.2. The maximum absolute atomic E-state index is 5.36. The monoisotopic (exact) mass is 342 g/mol. The zero-order valence-electron chi connectivity index (χ0n) is 14.0. The topological polar surface area (TPSA) is 58.5 Å². The standard InChI is InChI=1S/C18H22N4OS/c1-4-11-23-16-7-5-15(6-8-16)9-10-20-18(19-3)22-13-17-21-12-14(2)24-17/h1,5-8,12H,9-11,13H2,2-3H3,(H2,19,20,22). The summed E-state index contributed by atoms with van der Waals surface area (Å²) >= 11 is 1.69. The fourth-order valence-electron chi connectivity index (χ4n) is 2.07. The van der Waals surface area contributed by atoms with E-state index in [1.807, 2.05) is 30.5 Å². The van der Waals surface area contributed by atoms with Gasteiger partial charge < -0.3 is 15.4 Å². The molecule has 1 aromatic heterocycles. The molecule has 0 atom stereocenters. The first-order valence-corrected chi connectivity index (χ1v) is 8.54. The zero-order valence-corrected chi connectivity index (χ0v) is 14.8. The number of guanidine groups is 1. The molecule has 0 unspecified atom stereocenters. The molecule has 0 saturated heterocycles. The van der Waals surface area contributed by atoms with Crippen molar-refractivity contribution in [2.45, 2.75) is 19.9 Å². The number of aromatic nitrogens is 1. The van der Waals surface area contributed by atoms with E-state index in [9.17, 15) is 0 Å². The second-order valence-electron chi connectivity index (χ2n) is 5.10. The Labute approximate surface area is 147 Å². The van der Waals surface area contributed by atoms with E-state index >= 15 is 0 Å². The molecule has 0 bridgehead atoms. The second-order valence-corrected chi connectivity index (χ2v) is 6.42. The smallest absolute Gasteiger partial charge is 0.191 e. The molecule has 24 heavy (non-hydrogen) atoms. The van der Waals surface area contributed by atoms with Crippen LogP contribution in [0.15, 0.2) is 35.5 Å². The molecule has 0 aliphatic carbocycles. The summed E-state index contributed by atoms with van der Waals surface area (Å²) < 4.78 is 5.36. The average molecular weight is 342 g/mol. The third kappa shape index (κ3) is 5.94. The van der Waals surface area contributed by atoms with Crippen LogP contribution in [0.25, 0.3) is 0 Å². The van der Waals surface area contributed by atoms with Crippen molar-refractivity contribution >= 4 is 17.3 Å². The van der Waals surface area contributed by atoms with Crippen LogP contribution in [0.5, 0.6) is 5.75 Å². The van der Waals surface area contributed by atoms with Crippen molar-refractivity contribution in [3.05, 3.63) is 45.9 Å². The number of hydrogen-bond acceptors (Lipinski definition) is 4. The molecule has 0 aliphatic heterocycles. The first-order chi connectivity index (χ1) is 11.7. The van der Waals surface area contributed by atoms with Crippen LogP contribution in [0.3, 0.4) is 0 Å². The number of ether oxygens (including phenoxy) is 1. The van der Waals surface area contributed by atoms with Crippen molar-refractivity contribution in [3.8, 4) is 18.1 Å². The number of rotatable bonds is 7. The number of aryl methyl sites for hydroxylation is 1. The predicted octanol–water partition coefficient (Wildman–Crippen LogP) is 2.37. The van der Waals surface area contributed by atoms with Gasteiger partial charge in [0.05, 0.1) is 6.54 Å². The van der Waals surface area contributed by atoms with E-state index in [4.69, 9.17) is 11.2 Å². The lowest BCUT2D eigenvalue weighted by atomic mass is 10.1. The highest BCUT2D eigenvalue weighted by atomic mass is 32.1. The van der Waals surface area contributed by atoms with Gasteiger partial charge in [0.15, 0.2) is 5.96 Å². The van der Waals surface area contributed by atoms with Gasteiger partial charge in [0.25, 0.3) is 0 Å². The highest BCUT2D eigenvalue weighted by Crippen LogP contribution is 2.12. The van der Waals surface area contributed by atoms with E-state index in [-0.39, 0.29) is 0 Å². The molecule has 2 rings (SSSR count). The Bertz CT molecular complexity index is 701. The molecular formula is C18H22N4OS. The van der Waals surface area contributed by atoms with Gasteiger partial charge in [-0.3, -0.25) is 4.99 Å². The van der Waals surface area contributed by atoms with Crippen LogP contribution in [-0.2, 0) is 13.0 Å². The van der Waals surface area contributed by atoms with Crippen molar-refractivity contribution < 1.29 is 4.74 Å². The highest BCUT2D eigenvalue weighted by molar-refractivity contribution is 7.11. The highest BCUT2D eigenvalue weighted by Gasteiger charge is 2.02. The summed E-state index contributed by atoms with van der Waals surface area (Å²) in [6, 6.07) is 7.96. The Morgan fingerprint density at radius 3 is 2.75 bits per heavy atom. The van der Waals surface area contributed by atoms with Gasteiger partial charge in [-0.05, 0) is 31.0 Å². The third-order valence-electron chi connectivity index (χ3n) is 3.25. The molecule has 1 heterocycles. The second kappa shape index (κ2) is 9.58. The van der Waals surface area contributed by atoms with Gasteiger partial charge in [0, 0.05) is 24.7 Å². The molecule has 5 nitrogen and oxygen atoms in total. The first-order valence-electron chi connectivity index (χ1n) is 7.72. The lowest BCUT2D eigenvalue weighted by Gasteiger charge is -2.11. The Balaban J connectivity index is 1.72. The van der Waals surface area contributed by atoms with Crippen LogP contribution in [0, 0.1) is 19.3 Å². The summed E-state index contributed by atoms with van der Waals surface area (Å²) in [5.41, 5.74) is 1.22. The molecular weight excluding hydrogens is 320 g/mol. The molecule has 126 valence electrons. The van der Waals surface area contributed by atoms with E-state index < -0.39 is 0 Å². The first kappa shape index (κ1) is 17.8. The Hall–Kier alpha value is -2.52. The van der Waals surface area contributed by atoms with Crippen molar-refractivity contribution in [2.24, 2.45) is 4.99 Å². The van der Waals surface area contributed by atoms with E-state index in [1.54, 1.807) is 18.4 Å².